The van der Waals surface area contributed by atoms with Gasteiger partial charge in [0.25, 0.3) is 0 Å². The van der Waals surface area contributed by atoms with Gasteiger partial charge in [-0.1, -0.05) is 18.2 Å². The highest BCUT2D eigenvalue weighted by molar-refractivity contribution is 6.32. The van der Waals surface area contributed by atoms with E-state index in [-0.39, 0.29) is 5.91 Å². The quantitative estimate of drug-likeness (QED) is 0.407. The Morgan fingerprint density at radius 3 is 2.69 bits per heavy atom. The summed E-state index contributed by atoms with van der Waals surface area (Å²) in [6.07, 6.45) is 4.63. The van der Waals surface area contributed by atoms with Gasteiger partial charge in [-0.3, -0.25) is 9.48 Å². The van der Waals surface area contributed by atoms with E-state index in [4.69, 9.17) is 21.3 Å². The predicted octanol–water partition coefficient (Wildman–Crippen LogP) is 3.78. The number of nitrogens with zero attached hydrogens (tertiary/aromatic N) is 7. The first kappa shape index (κ1) is 22.6. The number of halogens is 1. The summed E-state index contributed by atoms with van der Waals surface area (Å²) < 4.78 is 7.41. The number of rotatable bonds is 6. The largest absolute Gasteiger partial charge is 0.436 e. The Labute approximate surface area is 206 Å². The molecule has 1 amide bonds. The normalized spacial score (nSPS) is 13.7. The number of carbonyl (C=O) groups excluding carboxylic acids is 1. The number of hydrogen-bond donors (Lipinski definition) is 1. The number of carbonyl (C=O) groups is 1. The summed E-state index contributed by atoms with van der Waals surface area (Å²) in [5, 5.41) is 7.92. The number of anilines is 3. The number of fused-ring (bicyclic) bond motifs is 1. The molecule has 4 heterocycles. The van der Waals surface area contributed by atoms with Crippen molar-refractivity contribution in [3.63, 3.8) is 0 Å². The van der Waals surface area contributed by atoms with Crippen LogP contribution in [0.3, 0.4) is 0 Å². The van der Waals surface area contributed by atoms with Gasteiger partial charge in [-0.15, -0.1) is 5.10 Å². The molecule has 1 aliphatic heterocycles. The van der Waals surface area contributed by atoms with E-state index in [2.05, 4.69) is 31.9 Å². The van der Waals surface area contributed by atoms with Crippen molar-refractivity contribution < 1.29 is 9.53 Å². The Morgan fingerprint density at radius 2 is 1.97 bits per heavy atom. The lowest BCUT2D eigenvalue weighted by Gasteiger charge is -2.35. The van der Waals surface area contributed by atoms with Crippen molar-refractivity contribution in [1.82, 2.24) is 29.6 Å². The molecule has 4 aromatic rings. The number of hydrogen-bond acceptors (Lipinski definition) is 8. The summed E-state index contributed by atoms with van der Waals surface area (Å²) >= 11 is 6.45. The van der Waals surface area contributed by atoms with Crippen LogP contribution in [0.5, 0.6) is 11.6 Å². The molecule has 0 unspecified atom stereocenters. The molecule has 1 fully saturated rings. The van der Waals surface area contributed by atoms with Crippen molar-refractivity contribution in [3.8, 4) is 11.6 Å². The van der Waals surface area contributed by atoms with Crippen LogP contribution in [0.15, 0.2) is 61.6 Å². The van der Waals surface area contributed by atoms with Gasteiger partial charge in [0.15, 0.2) is 5.82 Å². The zero-order valence-electron chi connectivity index (χ0n) is 19.1. The third kappa shape index (κ3) is 4.87. The minimum Gasteiger partial charge on any atom is -0.436 e. The number of ether oxygens (including phenoxy) is 1. The maximum absolute atomic E-state index is 11.9. The lowest BCUT2D eigenvalue weighted by Crippen LogP contribution is -2.48. The molecule has 0 radical (unpaired) electrons. The van der Waals surface area contributed by atoms with Crippen LogP contribution < -0.4 is 15.0 Å². The molecule has 1 aliphatic rings. The molecule has 0 spiro atoms. The van der Waals surface area contributed by atoms with Crippen LogP contribution in [0.25, 0.3) is 11.0 Å². The van der Waals surface area contributed by atoms with Gasteiger partial charge >= 0.3 is 0 Å². The molecule has 0 aliphatic carbocycles. The molecule has 35 heavy (non-hydrogen) atoms. The summed E-state index contributed by atoms with van der Waals surface area (Å²) in [5.41, 5.74) is 2.08. The minimum atomic E-state index is -0.0499. The molecule has 0 saturated carbocycles. The standard InChI is InChI=1S/C24H23ClN8O2/c1-3-22(34)33-12-10-32(11-13-33)20-7-5-18-23(29-20)24(27-15-26-18)28-16-4-6-19(17(25)14-16)35-21-8-9-31(2)30-21/h3-9,14-15H,1,10-13H2,2H3,(H,26,27,28). The average Bonchev–Trinajstić information content (AvgIpc) is 3.29. The number of pyridine rings is 1. The van der Waals surface area contributed by atoms with Gasteiger partial charge in [0.2, 0.25) is 11.8 Å². The lowest BCUT2D eigenvalue weighted by atomic mass is 10.2. The van der Waals surface area contributed by atoms with Gasteiger partial charge in [0, 0.05) is 51.2 Å². The first-order valence-corrected chi connectivity index (χ1v) is 11.4. The fourth-order valence-electron chi connectivity index (χ4n) is 3.84. The molecule has 10 nitrogen and oxygen atoms in total. The molecule has 11 heteroatoms. The summed E-state index contributed by atoms with van der Waals surface area (Å²) in [5.74, 6) is 2.28. The maximum atomic E-state index is 11.9. The maximum Gasteiger partial charge on any atom is 0.246 e. The van der Waals surface area contributed by atoms with Gasteiger partial charge in [-0.2, -0.15) is 0 Å². The number of benzene rings is 1. The SMILES string of the molecule is C=CC(=O)N1CCN(c2ccc3ncnc(Nc4ccc(Oc5ccn(C)n5)c(Cl)c4)c3n2)CC1. The van der Waals surface area contributed by atoms with Crippen molar-refractivity contribution in [1.29, 1.82) is 0 Å². The fraction of sp³-hybridized carbons (Fsp3) is 0.208. The van der Waals surface area contributed by atoms with E-state index >= 15 is 0 Å². The zero-order chi connectivity index (χ0) is 24.4. The molecular formula is C24H23ClN8O2. The minimum absolute atomic E-state index is 0.0499. The fourth-order valence-corrected chi connectivity index (χ4v) is 4.06. The van der Waals surface area contributed by atoms with Gasteiger partial charge in [-0.05, 0) is 36.4 Å². The van der Waals surface area contributed by atoms with E-state index in [1.54, 1.807) is 34.0 Å². The highest BCUT2D eigenvalue weighted by Crippen LogP contribution is 2.33. The van der Waals surface area contributed by atoms with Crippen molar-refractivity contribution in [2.45, 2.75) is 0 Å². The van der Waals surface area contributed by atoms with Gasteiger partial charge in [0.1, 0.15) is 23.4 Å². The van der Waals surface area contributed by atoms with Crippen LogP contribution in [-0.4, -0.2) is 61.7 Å². The highest BCUT2D eigenvalue weighted by atomic mass is 35.5. The first-order chi connectivity index (χ1) is 17.0. The van der Waals surface area contributed by atoms with E-state index in [1.807, 2.05) is 25.2 Å². The lowest BCUT2D eigenvalue weighted by molar-refractivity contribution is -0.126. The monoisotopic (exact) mass is 490 g/mol. The Morgan fingerprint density at radius 1 is 1.14 bits per heavy atom. The van der Waals surface area contributed by atoms with E-state index in [1.165, 1.54) is 12.4 Å². The number of nitrogens with one attached hydrogen (secondary N) is 1. The summed E-state index contributed by atoms with van der Waals surface area (Å²) in [6, 6.07) is 11.0. The summed E-state index contributed by atoms with van der Waals surface area (Å²) in [4.78, 5) is 29.4. The topological polar surface area (TPSA) is 101 Å². The van der Waals surface area contributed by atoms with Crippen LogP contribution in [0.1, 0.15) is 0 Å². The van der Waals surface area contributed by atoms with Crippen LogP contribution >= 0.6 is 11.6 Å². The highest BCUT2D eigenvalue weighted by Gasteiger charge is 2.21. The van der Waals surface area contributed by atoms with Crippen molar-refractivity contribution in [2.75, 3.05) is 36.4 Å². The van der Waals surface area contributed by atoms with E-state index < -0.39 is 0 Å². The van der Waals surface area contributed by atoms with Crippen molar-refractivity contribution >= 4 is 45.9 Å². The summed E-state index contributed by atoms with van der Waals surface area (Å²) in [6.45, 7) is 6.16. The average molecular weight is 491 g/mol. The molecule has 1 N–H and O–H groups in total. The summed E-state index contributed by atoms with van der Waals surface area (Å²) in [7, 11) is 1.82. The van der Waals surface area contributed by atoms with E-state index in [9.17, 15) is 4.79 Å². The second-order valence-corrected chi connectivity index (χ2v) is 8.38. The molecule has 0 bridgehead atoms. The number of aromatic nitrogens is 5. The Kier molecular flexibility index (Phi) is 6.19. The third-order valence-corrected chi connectivity index (χ3v) is 5.95. The van der Waals surface area contributed by atoms with Crippen LogP contribution in [0.2, 0.25) is 5.02 Å². The molecule has 5 rings (SSSR count). The second kappa shape index (κ2) is 9.59. The Bertz CT molecular complexity index is 1400. The number of aryl methyl sites for hydroxylation is 1. The van der Waals surface area contributed by atoms with Gasteiger partial charge < -0.3 is 19.9 Å². The van der Waals surface area contributed by atoms with Crippen LogP contribution in [0, 0.1) is 0 Å². The third-order valence-electron chi connectivity index (χ3n) is 5.66. The Hall–Kier alpha value is -4.18. The molecule has 0 atom stereocenters. The smallest absolute Gasteiger partial charge is 0.246 e. The van der Waals surface area contributed by atoms with Gasteiger partial charge in [0.05, 0.1) is 10.5 Å². The Balaban J connectivity index is 1.35. The van der Waals surface area contributed by atoms with E-state index in [0.717, 1.165) is 11.5 Å². The van der Waals surface area contributed by atoms with E-state index in [0.29, 0.717) is 59.7 Å². The van der Waals surface area contributed by atoms with Crippen LogP contribution in [-0.2, 0) is 11.8 Å². The van der Waals surface area contributed by atoms with Gasteiger partial charge in [-0.25, -0.2) is 15.0 Å². The molecule has 178 valence electrons. The molecule has 1 saturated heterocycles. The second-order valence-electron chi connectivity index (χ2n) is 7.98. The van der Waals surface area contributed by atoms with Crippen molar-refractivity contribution in [2.24, 2.45) is 7.05 Å². The first-order valence-electron chi connectivity index (χ1n) is 11.0. The van der Waals surface area contributed by atoms with Crippen molar-refractivity contribution in [3.05, 3.63) is 66.6 Å². The molecular weight excluding hydrogens is 468 g/mol. The zero-order valence-corrected chi connectivity index (χ0v) is 19.8. The number of amides is 1. The predicted molar refractivity (Wildman–Crippen MR) is 134 cm³/mol. The molecule has 1 aromatic carbocycles. The molecule has 3 aromatic heterocycles. The number of piperazine rings is 1. The van der Waals surface area contributed by atoms with Crippen LogP contribution in [0.4, 0.5) is 17.3 Å².